The minimum atomic E-state index is 0.576. The lowest BCUT2D eigenvalue weighted by Crippen LogP contribution is -2.36. The Kier molecular flexibility index (Phi) is 4.22. The topological polar surface area (TPSA) is 12.0 Å². The van der Waals surface area contributed by atoms with Crippen LogP contribution in [0, 0.1) is 11.8 Å². The Balaban J connectivity index is 1.67. The Morgan fingerprint density at radius 3 is 2.21 bits per heavy atom. The highest BCUT2D eigenvalue weighted by Crippen LogP contribution is 2.45. The van der Waals surface area contributed by atoms with Crippen molar-refractivity contribution in [1.29, 1.82) is 0 Å². The van der Waals surface area contributed by atoms with Gasteiger partial charge in [0.15, 0.2) is 0 Å². The molecule has 0 saturated heterocycles. The summed E-state index contributed by atoms with van der Waals surface area (Å²) in [6, 6.07) is 12.5. The summed E-state index contributed by atoms with van der Waals surface area (Å²) in [5.74, 6) is 1.97. The molecule has 0 heterocycles. The maximum Gasteiger partial charge on any atom is 0.0322 e. The molecule has 2 saturated carbocycles. The van der Waals surface area contributed by atoms with Gasteiger partial charge in [0, 0.05) is 12.1 Å². The molecule has 2 fully saturated rings. The fourth-order valence-electron chi connectivity index (χ4n) is 3.24. The SMILES string of the molecule is CCCCC(NC(C1CC1)C1CC1)c1ccccc1. The highest BCUT2D eigenvalue weighted by atomic mass is 15.0. The second-order valence-corrected chi connectivity index (χ2v) is 6.47. The molecule has 0 aliphatic heterocycles. The van der Waals surface area contributed by atoms with Gasteiger partial charge in [-0.3, -0.25) is 0 Å². The molecule has 1 N–H and O–H groups in total. The molecule has 1 aromatic carbocycles. The molecule has 104 valence electrons. The summed E-state index contributed by atoms with van der Waals surface area (Å²) >= 11 is 0. The van der Waals surface area contributed by atoms with Gasteiger partial charge >= 0.3 is 0 Å². The highest BCUT2D eigenvalue weighted by molar-refractivity contribution is 5.19. The van der Waals surface area contributed by atoms with Crippen LogP contribution in [0.3, 0.4) is 0 Å². The van der Waals surface area contributed by atoms with Gasteiger partial charge in [-0.1, -0.05) is 50.1 Å². The minimum absolute atomic E-state index is 0.576. The van der Waals surface area contributed by atoms with E-state index in [-0.39, 0.29) is 0 Å². The number of benzene rings is 1. The van der Waals surface area contributed by atoms with E-state index in [1.807, 2.05) is 0 Å². The summed E-state index contributed by atoms with van der Waals surface area (Å²) in [4.78, 5) is 0. The summed E-state index contributed by atoms with van der Waals surface area (Å²) in [7, 11) is 0. The average molecular weight is 257 g/mol. The van der Waals surface area contributed by atoms with Gasteiger partial charge in [0.1, 0.15) is 0 Å². The molecule has 1 heteroatoms. The van der Waals surface area contributed by atoms with Crippen LogP contribution in [0.4, 0.5) is 0 Å². The van der Waals surface area contributed by atoms with Crippen molar-refractivity contribution in [2.24, 2.45) is 11.8 Å². The number of hydrogen-bond donors (Lipinski definition) is 1. The van der Waals surface area contributed by atoms with E-state index in [4.69, 9.17) is 0 Å². The first-order valence-corrected chi connectivity index (χ1v) is 8.19. The van der Waals surface area contributed by atoms with Crippen molar-refractivity contribution in [3.05, 3.63) is 35.9 Å². The molecule has 0 spiro atoms. The van der Waals surface area contributed by atoms with Crippen LogP contribution in [0.25, 0.3) is 0 Å². The summed E-state index contributed by atoms with van der Waals surface area (Å²) in [5.41, 5.74) is 1.49. The largest absolute Gasteiger partial charge is 0.307 e. The van der Waals surface area contributed by atoms with Crippen LogP contribution < -0.4 is 5.32 Å². The Morgan fingerprint density at radius 1 is 1.05 bits per heavy atom. The quantitative estimate of drug-likeness (QED) is 0.712. The third-order valence-electron chi connectivity index (χ3n) is 4.70. The maximum atomic E-state index is 4.03. The Labute approximate surface area is 117 Å². The monoisotopic (exact) mass is 257 g/mol. The van der Waals surface area contributed by atoms with Crippen molar-refractivity contribution in [1.82, 2.24) is 5.32 Å². The van der Waals surface area contributed by atoms with E-state index in [0.29, 0.717) is 6.04 Å². The van der Waals surface area contributed by atoms with Crippen molar-refractivity contribution in [3.63, 3.8) is 0 Å². The summed E-state index contributed by atoms with van der Waals surface area (Å²) in [5, 5.41) is 4.03. The maximum absolute atomic E-state index is 4.03. The van der Waals surface area contributed by atoms with Crippen molar-refractivity contribution in [2.45, 2.75) is 64.0 Å². The van der Waals surface area contributed by atoms with Crippen molar-refractivity contribution in [2.75, 3.05) is 0 Å². The second kappa shape index (κ2) is 6.09. The summed E-state index contributed by atoms with van der Waals surface area (Å²) in [6.07, 6.45) is 9.76. The predicted octanol–water partition coefficient (Wildman–Crippen LogP) is 4.70. The smallest absolute Gasteiger partial charge is 0.0322 e. The van der Waals surface area contributed by atoms with Crippen LogP contribution in [0.2, 0.25) is 0 Å². The fourth-order valence-corrected chi connectivity index (χ4v) is 3.24. The second-order valence-electron chi connectivity index (χ2n) is 6.47. The molecule has 0 radical (unpaired) electrons. The molecule has 1 unspecified atom stereocenters. The van der Waals surface area contributed by atoms with Crippen molar-refractivity contribution >= 4 is 0 Å². The van der Waals surface area contributed by atoms with Crippen LogP contribution in [0.15, 0.2) is 30.3 Å². The number of hydrogen-bond acceptors (Lipinski definition) is 1. The number of rotatable bonds is 8. The molecular weight excluding hydrogens is 230 g/mol. The Morgan fingerprint density at radius 2 is 1.68 bits per heavy atom. The van der Waals surface area contributed by atoms with Gasteiger partial charge in [-0.05, 0) is 49.5 Å². The lowest BCUT2D eigenvalue weighted by molar-refractivity contribution is 0.348. The molecule has 1 nitrogen and oxygen atoms in total. The van der Waals surface area contributed by atoms with Crippen LogP contribution in [0.1, 0.15) is 63.5 Å². The van der Waals surface area contributed by atoms with E-state index in [1.54, 1.807) is 0 Å². The Bertz CT molecular complexity index is 366. The first kappa shape index (κ1) is 13.2. The molecule has 2 aliphatic rings. The first-order chi connectivity index (χ1) is 9.38. The van der Waals surface area contributed by atoms with Crippen LogP contribution in [-0.2, 0) is 0 Å². The van der Waals surface area contributed by atoms with Gasteiger partial charge in [0.2, 0.25) is 0 Å². The zero-order valence-electron chi connectivity index (χ0n) is 12.1. The minimum Gasteiger partial charge on any atom is -0.307 e. The van der Waals surface area contributed by atoms with Crippen molar-refractivity contribution in [3.8, 4) is 0 Å². The number of nitrogens with one attached hydrogen (secondary N) is 1. The molecule has 2 aliphatic carbocycles. The molecule has 0 aromatic heterocycles. The third kappa shape index (κ3) is 3.60. The average Bonchev–Trinajstić information content (AvgIpc) is 3.32. The third-order valence-corrected chi connectivity index (χ3v) is 4.70. The van der Waals surface area contributed by atoms with Crippen LogP contribution in [0.5, 0.6) is 0 Å². The van der Waals surface area contributed by atoms with Gasteiger partial charge in [0.25, 0.3) is 0 Å². The predicted molar refractivity (Wildman–Crippen MR) is 81.1 cm³/mol. The van der Waals surface area contributed by atoms with Gasteiger partial charge in [0.05, 0.1) is 0 Å². The van der Waals surface area contributed by atoms with Gasteiger partial charge in [-0.25, -0.2) is 0 Å². The molecule has 0 bridgehead atoms. The normalized spacial score (nSPS) is 20.7. The molecule has 19 heavy (non-hydrogen) atoms. The van der Waals surface area contributed by atoms with Gasteiger partial charge in [-0.2, -0.15) is 0 Å². The lowest BCUT2D eigenvalue weighted by atomic mass is 9.98. The molecular formula is C18H27N. The highest BCUT2D eigenvalue weighted by Gasteiger charge is 2.42. The lowest BCUT2D eigenvalue weighted by Gasteiger charge is -2.26. The van der Waals surface area contributed by atoms with Crippen LogP contribution >= 0.6 is 0 Å². The summed E-state index contributed by atoms with van der Waals surface area (Å²) in [6.45, 7) is 2.29. The van der Waals surface area contributed by atoms with E-state index in [9.17, 15) is 0 Å². The molecule has 3 rings (SSSR count). The first-order valence-electron chi connectivity index (χ1n) is 8.19. The zero-order chi connectivity index (χ0) is 13.1. The van der Waals surface area contributed by atoms with Gasteiger partial charge < -0.3 is 5.32 Å². The van der Waals surface area contributed by atoms with E-state index in [0.717, 1.165) is 17.9 Å². The molecule has 1 aromatic rings. The molecule has 0 amide bonds. The molecule has 1 atom stereocenters. The van der Waals surface area contributed by atoms with Gasteiger partial charge in [-0.15, -0.1) is 0 Å². The van der Waals surface area contributed by atoms with Crippen molar-refractivity contribution < 1.29 is 0 Å². The zero-order valence-corrected chi connectivity index (χ0v) is 12.1. The Hall–Kier alpha value is -0.820. The summed E-state index contributed by atoms with van der Waals surface area (Å²) < 4.78 is 0. The van der Waals surface area contributed by atoms with E-state index in [1.165, 1.54) is 50.5 Å². The fraction of sp³-hybridized carbons (Fsp3) is 0.667. The van der Waals surface area contributed by atoms with E-state index in [2.05, 4.69) is 42.6 Å². The number of unbranched alkanes of at least 4 members (excludes halogenated alkanes) is 1. The van der Waals surface area contributed by atoms with Crippen LogP contribution in [-0.4, -0.2) is 6.04 Å². The standard InChI is InChI=1S/C18H27N/c1-2-3-9-17(14-7-5-4-6-8-14)19-18(15-10-11-15)16-12-13-16/h4-8,15-19H,2-3,9-13H2,1H3. The van der Waals surface area contributed by atoms with E-state index >= 15 is 0 Å². The van der Waals surface area contributed by atoms with E-state index < -0.39 is 0 Å².